The third kappa shape index (κ3) is 4.71. The summed E-state index contributed by atoms with van der Waals surface area (Å²) in [7, 11) is 1.78. The van der Waals surface area contributed by atoms with Gasteiger partial charge in [-0.1, -0.05) is 27.2 Å². The van der Waals surface area contributed by atoms with E-state index >= 15 is 0 Å². The molecule has 2 N–H and O–H groups in total. The third-order valence-electron chi connectivity index (χ3n) is 7.64. The summed E-state index contributed by atoms with van der Waals surface area (Å²) >= 11 is 0. The monoisotopic (exact) mass is 428 g/mol. The Morgan fingerprint density at radius 3 is 2.31 bits per heavy atom. The molecule has 0 unspecified atom stereocenters. The molecule has 8 heteroatoms. The molecule has 0 aromatic heterocycles. The Bertz CT molecular complexity index is 625. The van der Waals surface area contributed by atoms with E-state index in [1.54, 1.807) is 11.9 Å². The van der Waals surface area contributed by atoms with Crippen molar-refractivity contribution >= 4 is 30.3 Å². The zero-order valence-corrected chi connectivity index (χ0v) is 19.1. The minimum atomic E-state index is -0.801. The second-order valence-electron chi connectivity index (χ2n) is 9.51. The molecule has 1 saturated carbocycles. The minimum absolute atomic E-state index is 0. The number of carbonyl (C=O) groups excluding carboxylic acids is 3. The van der Waals surface area contributed by atoms with Crippen molar-refractivity contribution in [1.82, 2.24) is 20.4 Å². The lowest BCUT2D eigenvalue weighted by Crippen LogP contribution is -2.51. The SMILES string of the molecule is CCC(C)(C)C1CCC2(CC1)NC(=O)N(CC(=O)N(C)C1CCNCC1)C2=O.Cl. The molecule has 0 radical (unpaired) electrons. The van der Waals surface area contributed by atoms with Crippen LogP contribution in [-0.2, 0) is 9.59 Å². The standard InChI is InChI=1S/C21H36N4O3.ClH/c1-5-20(2,3)15-6-10-21(11-7-15)18(27)25(19(28)23-21)14-17(26)24(4)16-8-12-22-13-9-16;/h15-16,22H,5-14H2,1-4H3,(H,23,28);1H. The molecule has 166 valence electrons. The number of halogens is 1. The smallest absolute Gasteiger partial charge is 0.325 e. The highest BCUT2D eigenvalue weighted by atomic mass is 35.5. The maximum atomic E-state index is 13.1. The van der Waals surface area contributed by atoms with Crippen LogP contribution in [0.25, 0.3) is 0 Å². The van der Waals surface area contributed by atoms with E-state index in [1.807, 2.05) is 0 Å². The molecule has 0 aromatic carbocycles. The van der Waals surface area contributed by atoms with Crippen molar-refractivity contribution in [2.24, 2.45) is 11.3 Å². The fraction of sp³-hybridized carbons (Fsp3) is 0.857. The first kappa shape index (κ1) is 23.9. The molecule has 1 spiro atoms. The van der Waals surface area contributed by atoms with E-state index in [9.17, 15) is 14.4 Å². The second-order valence-corrected chi connectivity index (χ2v) is 9.51. The lowest BCUT2D eigenvalue weighted by molar-refractivity contribution is -0.140. The van der Waals surface area contributed by atoms with Crippen molar-refractivity contribution < 1.29 is 14.4 Å². The van der Waals surface area contributed by atoms with Crippen molar-refractivity contribution in [2.45, 2.75) is 77.3 Å². The van der Waals surface area contributed by atoms with Gasteiger partial charge in [-0.05, 0) is 62.9 Å². The first-order valence-electron chi connectivity index (χ1n) is 10.8. The van der Waals surface area contributed by atoms with Gasteiger partial charge in [-0.3, -0.25) is 14.5 Å². The van der Waals surface area contributed by atoms with Gasteiger partial charge in [-0.15, -0.1) is 12.4 Å². The Balaban J connectivity index is 0.00000300. The molecule has 1 aliphatic carbocycles. The lowest BCUT2D eigenvalue weighted by Gasteiger charge is -2.42. The van der Waals surface area contributed by atoms with Crippen molar-refractivity contribution in [3.8, 4) is 0 Å². The first-order valence-corrected chi connectivity index (χ1v) is 10.8. The van der Waals surface area contributed by atoms with Crippen molar-refractivity contribution in [3.05, 3.63) is 0 Å². The Morgan fingerprint density at radius 1 is 1.17 bits per heavy atom. The van der Waals surface area contributed by atoms with E-state index < -0.39 is 11.6 Å². The number of hydrogen-bond acceptors (Lipinski definition) is 4. The maximum absolute atomic E-state index is 13.1. The Kier molecular flexibility index (Phi) is 7.60. The quantitative estimate of drug-likeness (QED) is 0.659. The highest BCUT2D eigenvalue weighted by molar-refractivity contribution is 6.09. The number of imide groups is 1. The van der Waals surface area contributed by atoms with E-state index in [0.717, 1.165) is 50.1 Å². The lowest BCUT2D eigenvalue weighted by atomic mass is 9.65. The molecule has 2 saturated heterocycles. The van der Waals surface area contributed by atoms with Gasteiger partial charge in [0, 0.05) is 13.1 Å². The van der Waals surface area contributed by atoms with Gasteiger partial charge in [0.15, 0.2) is 0 Å². The van der Waals surface area contributed by atoms with Crippen molar-refractivity contribution in [1.29, 1.82) is 0 Å². The van der Waals surface area contributed by atoms with Crippen LogP contribution in [0.4, 0.5) is 4.79 Å². The summed E-state index contributed by atoms with van der Waals surface area (Å²) in [5.74, 6) is 0.195. The Morgan fingerprint density at radius 2 is 1.76 bits per heavy atom. The normalized spacial score (nSPS) is 28.3. The molecule has 2 aliphatic heterocycles. The van der Waals surface area contributed by atoms with Crippen LogP contribution < -0.4 is 10.6 Å². The number of urea groups is 1. The van der Waals surface area contributed by atoms with Crippen LogP contribution in [0.3, 0.4) is 0 Å². The van der Waals surface area contributed by atoms with Crippen molar-refractivity contribution in [2.75, 3.05) is 26.7 Å². The van der Waals surface area contributed by atoms with E-state index in [4.69, 9.17) is 0 Å². The van der Waals surface area contributed by atoms with Gasteiger partial charge < -0.3 is 15.5 Å². The van der Waals surface area contributed by atoms with E-state index in [-0.39, 0.29) is 42.2 Å². The van der Waals surface area contributed by atoms with Gasteiger partial charge in [0.25, 0.3) is 5.91 Å². The average molecular weight is 429 g/mol. The van der Waals surface area contributed by atoms with Gasteiger partial charge in [0.1, 0.15) is 12.1 Å². The molecular formula is C21H37ClN4O3. The van der Waals surface area contributed by atoms with Gasteiger partial charge in [-0.2, -0.15) is 0 Å². The largest absolute Gasteiger partial charge is 0.341 e. The highest BCUT2D eigenvalue weighted by Gasteiger charge is 2.53. The van der Waals surface area contributed by atoms with E-state index in [1.165, 1.54) is 0 Å². The minimum Gasteiger partial charge on any atom is -0.341 e. The number of likely N-dealkylation sites (N-methyl/N-ethyl adjacent to an activating group) is 1. The molecule has 0 atom stereocenters. The summed E-state index contributed by atoms with van der Waals surface area (Å²) in [4.78, 5) is 41.2. The fourth-order valence-corrected chi connectivity index (χ4v) is 4.98. The molecule has 2 heterocycles. The van der Waals surface area contributed by atoms with Crippen LogP contribution in [0.15, 0.2) is 0 Å². The van der Waals surface area contributed by atoms with Crippen LogP contribution in [-0.4, -0.2) is 65.9 Å². The Hall–Kier alpha value is -1.34. The van der Waals surface area contributed by atoms with Gasteiger partial charge in [0.2, 0.25) is 5.91 Å². The highest BCUT2D eigenvalue weighted by Crippen LogP contribution is 2.45. The predicted octanol–water partition coefficient (Wildman–Crippen LogP) is 2.54. The van der Waals surface area contributed by atoms with Crippen LogP contribution >= 0.6 is 12.4 Å². The zero-order chi connectivity index (χ0) is 20.5. The molecule has 0 aromatic rings. The summed E-state index contributed by atoms with van der Waals surface area (Å²) in [6.07, 6.45) is 6.12. The van der Waals surface area contributed by atoms with Crippen LogP contribution in [0.2, 0.25) is 0 Å². The number of piperidine rings is 1. The average Bonchev–Trinajstić information content (AvgIpc) is 2.92. The zero-order valence-electron chi connectivity index (χ0n) is 18.3. The number of rotatable bonds is 5. The molecule has 7 nitrogen and oxygen atoms in total. The van der Waals surface area contributed by atoms with Gasteiger partial charge in [0.05, 0.1) is 0 Å². The predicted molar refractivity (Wildman–Crippen MR) is 115 cm³/mol. The number of nitrogens with one attached hydrogen (secondary N) is 2. The summed E-state index contributed by atoms with van der Waals surface area (Å²) < 4.78 is 0. The maximum Gasteiger partial charge on any atom is 0.325 e. The summed E-state index contributed by atoms with van der Waals surface area (Å²) in [6.45, 7) is 8.40. The fourth-order valence-electron chi connectivity index (χ4n) is 4.98. The second kappa shape index (κ2) is 9.21. The van der Waals surface area contributed by atoms with E-state index in [2.05, 4.69) is 31.4 Å². The summed E-state index contributed by atoms with van der Waals surface area (Å²) in [6, 6.07) is -0.236. The molecule has 29 heavy (non-hydrogen) atoms. The van der Waals surface area contributed by atoms with E-state index in [0.29, 0.717) is 18.8 Å². The van der Waals surface area contributed by atoms with Crippen LogP contribution in [0.5, 0.6) is 0 Å². The van der Waals surface area contributed by atoms with Crippen molar-refractivity contribution in [3.63, 3.8) is 0 Å². The molecule has 3 aliphatic rings. The van der Waals surface area contributed by atoms with Gasteiger partial charge in [-0.25, -0.2) is 4.79 Å². The van der Waals surface area contributed by atoms with Crippen LogP contribution in [0, 0.1) is 11.3 Å². The molecule has 3 rings (SSSR count). The van der Waals surface area contributed by atoms with Gasteiger partial charge >= 0.3 is 6.03 Å². The third-order valence-corrected chi connectivity index (χ3v) is 7.64. The Labute approximate surface area is 180 Å². The number of carbonyl (C=O) groups is 3. The number of hydrogen-bond donors (Lipinski definition) is 2. The topological polar surface area (TPSA) is 81.8 Å². The first-order chi connectivity index (χ1) is 13.2. The molecule has 0 bridgehead atoms. The number of nitrogens with zero attached hydrogens (tertiary/aromatic N) is 2. The molecular weight excluding hydrogens is 392 g/mol. The summed E-state index contributed by atoms with van der Waals surface area (Å²) in [5.41, 5.74) is -0.550. The number of amides is 4. The van der Waals surface area contributed by atoms with Crippen LogP contribution in [0.1, 0.15) is 65.7 Å². The molecule has 3 fully saturated rings. The summed E-state index contributed by atoms with van der Waals surface area (Å²) in [5, 5.41) is 6.23. The molecule has 4 amide bonds.